The van der Waals surface area contributed by atoms with E-state index in [9.17, 15) is 4.79 Å². The van der Waals surface area contributed by atoms with Crippen molar-refractivity contribution in [2.75, 3.05) is 5.32 Å². The van der Waals surface area contributed by atoms with Gasteiger partial charge in [0.05, 0.1) is 11.3 Å². The number of benzene rings is 1. The second-order valence-electron chi connectivity index (χ2n) is 5.72. The molecule has 0 bridgehead atoms. The molecular formula is C19H15N5O2S. The van der Waals surface area contributed by atoms with Gasteiger partial charge in [0.25, 0.3) is 5.91 Å². The summed E-state index contributed by atoms with van der Waals surface area (Å²) in [5, 5.41) is 19.0. The quantitative estimate of drug-likeness (QED) is 0.567. The van der Waals surface area contributed by atoms with Crippen molar-refractivity contribution in [1.82, 2.24) is 20.0 Å². The van der Waals surface area contributed by atoms with E-state index >= 15 is 0 Å². The Kier molecular flexibility index (Phi) is 4.63. The molecule has 0 radical (unpaired) electrons. The van der Waals surface area contributed by atoms with E-state index in [0.29, 0.717) is 28.7 Å². The molecule has 3 aromatic heterocycles. The van der Waals surface area contributed by atoms with Gasteiger partial charge in [-0.2, -0.15) is 16.4 Å². The zero-order valence-electron chi connectivity index (χ0n) is 14.4. The topological polar surface area (TPSA) is 81.9 Å². The summed E-state index contributed by atoms with van der Waals surface area (Å²) in [5.74, 6) is 1.44. The Morgan fingerprint density at radius 2 is 1.93 bits per heavy atom. The van der Waals surface area contributed by atoms with Crippen molar-refractivity contribution < 1.29 is 9.53 Å². The molecule has 0 atom stereocenters. The summed E-state index contributed by atoms with van der Waals surface area (Å²) in [5.41, 5.74) is 2.24. The van der Waals surface area contributed by atoms with Gasteiger partial charge in [-0.25, -0.2) is 4.68 Å². The van der Waals surface area contributed by atoms with Crippen LogP contribution in [0.25, 0.3) is 5.82 Å². The number of carbonyl (C=O) groups is 1. The van der Waals surface area contributed by atoms with Crippen LogP contribution in [-0.4, -0.2) is 25.9 Å². The first kappa shape index (κ1) is 16.9. The maximum absolute atomic E-state index is 12.0. The molecule has 0 saturated heterocycles. The van der Waals surface area contributed by atoms with E-state index in [1.807, 2.05) is 24.6 Å². The Balaban J connectivity index is 1.40. The number of aromatic nitrogens is 4. The fourth-order valence-electron chi connectivity index (χ4n) is 2.36. The second-order valence-corrected chi connectivity index (χ2v) is 6.50. The maximum atomic E-state index is 12.0. The predicted molar refractivity (Wildman–Crippen MR) is 103 cm³/mol. The number of amides is 1. The average molecular weight is 377 g/mol. The number of rotatable bonds is 5. The predicted octanol–water partition coefficient (Wildman–Crippen LogP) is 4.08. The van der Waals surface area contributed by atoms with Crippen LogP contribution in [-0.2, 0) is 0 Å². The summed E-state index contributed by atoms with van der Waals surface area (Å²) >= 11 is 1.48. The SMILES string of the molecule is Cc1ccn(-c2ccc(Oc3ccc(NC(=O)c4ccsc4)cc3)nn2)n1. The molecule has 0 spiro atoms. The smallest absolute Gasteiger partial charge is 0.256 e. The summed E-state index contributed by atoms with van der Waals surface area (Å²) in [6.07, 6.45) is 1.82. The van der Waals surface area contributed by atoms with E-state index in [0.717, 1.165) is 5.69 Å². The number of hydrogen-bond acceptors (Lipinski definition) is 6. The lowest BCUT2D eigenvalue weighted by molar-refractivity contribution is 0.102. The average Bonchev–Trinajstić information content (AvgIpc) is 3.36. The number of carbonyl (C=O) groups excluding carboxylic acids is 1. The zero-order chi connectivity index (χ0) is 18.6. The van der Waals surface area contributed by atoms with Gasteiger partial charge in [0, 0.05) is 23.3 Å². The van der Waals surface area contributed by atoms with Gasteiger partial charge in [0.2, 0.25) is 5.88 Å². The Hall–Kier alpha value is -3.52. The molecule has 8 heteroatoms. The largest absolute Gasteiger partial charge is 0.438 e. The number of anilines is 1. The number of ether oxygens (including phenoxy) is 1. The van der Waals surface area contributed by atoms with Crippen molar-refractivity contribution >= 4 is 22.9 Å². The van der Waals surface area contributed by atoms with Crippen LogP contribution in [0.15, 0.2) is 65.5 Å². The Morgan fingerprint density at radius 3 is 2.56 bits per heavy atom. The van der Waals surface area contributed by atoms with Crippen LogP contribution in [0.3, 0.4) is 0 Å². The maximum Gasteiger partial charge on any atom is 0.256 e. The lowest BCUT2D eigenvalue weighted by Crippen LogP contribution is -2.10. The van der Waals surface area contributed by atoms with E-state index in [1.54, 1.807) is 52.5 Å². The molecule has 0 fully saturated rings. The number of nitrogens with zero attached hydrogens (tertiary/aromatic N) is 4. The molecule has 4 rings (SSSR count). The normalized spacial score (nSPS) is 10.6. The third-order valence-electron chi connectivity index (χ3n) is 3.70. The van der Waals surface area contributed by atoms with E-state index in [1.165, 1.54) is 11.3 Å². The molecule has 3 heterocycles. The highest BCUT2D eigenvalue weighted by Gasteiger charge is 2.07. The molecule has 134 valence electrons. The molecule has 1 N–H and O–H groups in total. The van der Waals surface area contributed by atoms with Gasteiger partial charge >= 0.3 is 0 Å². The van der Waals surface area contributed by atoms with Gasteiger partial charge in [-0.1, -0.05) is 0 Å². The Labute approximate surface area is 159 Å². The molecule has 27 heavy (non-hydrogen) atoms. The fraction of sp³-hybridized carbons (Fsp3) is 0.0526. The molecule has 1 aromatic carbocycles. The molecule has 0 aliphatic carbocycles. The van der Waals surface area contributed by atoms with Crippen molar-refractivity contribution in [3.05, 3.63) is 76.7 Å². The van der Waals surface area contributed by atoms with Gasteiger partial charge in [-0.05, 0) is 54.8 Å². The van der Waals surface area contributed by atoms with Gasteiger partial charge < -0.3 is 10.1 Å². The molecule has 7 nitrogen and oxygen atoms in total. The monoisotopic (exact) mass is 377 g/mol. The summed E-state index contributed by atoms with van der Waals surface area (Å²) in [6, 6.07) is 14.2. The van der Waals surface area contributed by atoms with Gasteiger partial charge in [0.15, 0.2) is 5.82 Å². The van der Waals surface area contributed by atoms with E-state index < -0.39 is 0 Å². The van der Waals surface area contributed by atoms with Crippen LogP contribution in [0.5, 0.6) is 11.6 Å². The molecule has 0 unspecified atom stereocenters. The molecule has 0 saturated carbocycles. The first-order valence-corrected chi connectivity index (χ1v) is 9.09. The van der Waals surface area contributed by atoms with Gasteiger partial charge in [0.1, 0.15) is 5.75 Å². The van der Waals surface area contributed by atoms with Crippen LogP contribution >= 0.6 is 11.3 Å². The van der Waals surface area contributed by atoms with Crippen LogP contribution in [0.4, 0.5) is 5.69 Å². The minimum Gasteiger partial charge on any atom is -0.438 e. The van der Waals surface area contributed by atoms with Crippen molar-refractivity contribution in [1.29, 1.82) is 0 Å². The van der Waals surface area contributed by atoms with Crippen LogP contribution in [0, 0.1) is 6.92 Å². The lowest BCUT2D eigenvalue weighted by Gasteiger charge is -2.07. The number of nitrogens with one attached hydrogen (secondary N) is 1. The van der Waals surface area contributed by atoms with Crippen molar-refractivity contribution in [3.63, 3.8) is 0 Å². The van der Waals surface area contributed by atoms with E-state index in [2.05, 4.69) is 20.6 Å². The molecule has 4 aromatic rings. The molecule has 0 aliphatic heterocycles. The minimum absolute atomic E-state index is 0.139. The lowest BCUT2D eigenvalue weighted by atomic mass is 10.2. The number of thiophene rings is 1. The van der Waals surface area contributed by atoms with Gasteiger partial charge in [-0.15, -0.1) is 10.2 Å². The standard InChI is InChI=1S/C19H15N5O2S/c1-13-8-10-24(23-13)17-6-7-18(22-21-17)26-16-4-2-15(3-5-16)20-19(25)14-9-11-27-12-14/h2-12H,1H3,(H,20,25). The summed E-state index contributed by atoms with van der Waals surface area (Å²) < 4.78 is 7.34. The highest BCUT2D eigenvalue weighted by atomic mass is 32.1. The summed E-state index contributed by atoms with van der Waals surface area (Å²) in [6.45, 7) is 1.91. The zero-order valence-corrected chi connectivity index (χ0v) is 15.2. The Morgan fingerprint density at radius 1 is 1.07 bits per heavy atom. The van der Waals surface area contributed by atoms with Crippen LogP contribution in [0.2, 0.25) is 0 Å². The third kappa shape index (κ3) is 4.01. The summed E-state index contributed by atoms with van der Waals surface area (Å²) in [4.78, 5) is 12.0. The summed E-state index contributed by atoms with van der Waals surface area (Å²) in [7, 11) is 0. The Bertz CT molecular complexity index is 1040. The first-order valence-electron chi connectivity index (χ1n) is 8.15. The van der Waals surface area contributed by atoms with Gasteiger partial charge in [-0.3, -0.25) is 4.79 Å². The van der Waals surface area contributed by atoms with E-state index in [-0.39, 0.29) is 5.91 Å². The molecule has 0 aliphatic rings. The van der Waals surface area contributed by atoms with Crippen molar-refractivity contribution in [3.8, 4) is 17.4 Å². The second kappa shape index (κ2) is 7.38. The third-order valence-corrected chi connectivity index (χ3v) is 4.38. The van der Waals surface area contributed by atoms with Crippen molar-refractivity contribution in [2.45, 2.75) is 6.92 Å². The minimum atomic E-state index is -0.139. The highest BCUT2D eigenvalue weighted by Crippen LogP contribution is 2.22. The molecular weight excluding hydrogens is 362 g/mol. The highest BCUT2D eigenvalue weighted by molar-refractivity contribution is 7.08. The van der Waals surface area contributed by atoms with E-state index in [4.69, 9.17) is 4.74 Å². The first-order chi connectivity index (χ1) is 13.2. The fourth-order valence-corrected chi connectivity index (χ4v) is 2.99. The number of aryl methyl sites for hydroxylation is 1. The van der Waals surface area contributed by atoms with Crippen LogP contribution < -0.4 is 10.1 Å². The number of hydrogen-bond donors (Lipinski definition) is 1. The van der Waals surface area contributed by atoms with Crippen LogP contribution in [0.1, 0.15) is 16.1 Å². The van der Waals surface area contributed by atoms with Crippen molar-refractivity contribution in [2.24, 2.45) is 0 Å². The molecule has 1 amide bonds.